The molecule has 1 unspecified atom stereocenters. The van der Waals surface area contributed by atoms with E-state index in [0.717, 1.165) is 25.9 Å². The molecule has 1 aromatic rings. The lowest BCUT2D eigenvalue weighted by Gasteiger charge is -2.10. The number of aromatic carboxylic acids is 1. The van der Waals surface area contributed by atoms with Gasteiger partial charge in [0.1, 0.15) is 0 Å². The van der Waals surface area contributed by atoms with Crippen LogP contribution in [0.1, 0.15) is 29.6 Å². The average Bonchev–Trinajstić information content (AvgIpc) is 2.92. The number of carbonyl (C=O) groups excluding carboxylic acids is 1. The molecule has 6 heteroatoms. The van der Waals surface area contributed by atoms with Crippen LogP contribution in [0.25, 0.3) is 0 Å². The van der Waals surface area contributed by atoms with Crippen LogP contribution in [0.15, 0.2) is 18.2 Å². The van der Waals surface area contributed by atoms with Gasteiger partial charge in [0.2, 0.25) is 5.91 Å². The molecule has 3 N–H and O–H groups in total. The molecule has 1 aliphatic rings. The van der Waals surface area contributed by atoms with Crippen LogP contribution in [0.3, 0.4) is 0 Å². The first-order valence-corrected chi connectivity index (χ1v) is 6.97. The molecule has 2 rings (SSSR count). The Morgan fingerprint density at radius 3 is 2.90 bits per heavy atom. The second-order valence-electron chi connectivity index (χ2n) is 4.95. The summed E-state index contributed by atoms with van der Waals surface area (Å²) in [6.45, 7) is 1.97. The van der Waals surface area contributed by atoms with Crippen LogP contribution in [-0.2, 0) is 4.79 Å². The largest absolute Gasteiger partial charge is 0.478 e. The second kappa shape index (κ2) is 6.72. The molecule has 0 aromatic heterocycles. The highest BCUT2D eigenvalue weighted by Crippen LogP contribution is 2.24. The molecule has 1 atom stereocenters. The van der Waals surface area contributed by atoms with Crippen LogP contribution in [0.2, 0.25) is 5.02 Å². The maximum absolute atomic E-state index is 11.9. The lowest BCUT2D eigenvalue weighted by Crippen LogP contribution is -2.15. The highest BCUT2D eigenvalue weighted by atomic mass is 35.5. The molecule has 5 nitrogen and oxygen atoms in total. The van der Waals surface area contributed by atoms with E-state index in [-0.39, 0.29) is 11.5 Å². The minimum Gasteiger partial charge on any atom is -0.478 e. The summed E-state index contributed by atoms with van der Waals surface area (Å²) < 4.78 is 0. The van der Waals surface area contributed by atoms with E-state index in [0.29, 0.717) is 23.0 Å². The van der Waals surface area contributed by atoms with E-state index >= 15 is 0 Å². The van der Waals surface area contributed by atoms with Crippen molar-refractivity contribution in [2.45, 2.75) is 19.3 Å². The summed E-state index contributed by atoms with van der Waals surface area (Å²) >= 11 is 5.95. The summed E-state index contributed by atoms with van der Waals surface area (Å²) in [6, 6.07) is 4.26. The Labute approximate surface area is 122 Å². The van der Waals surface area contributed by atoms with Gasteiger partial charge < -0.3 is 15.7 Å². The quantitative estimate of drug-likeness (QED) is 0.779. The third-order valence-corrected chi connectivity index (χ3v) is 3.76. The molecule has 0 bridgehead atoms. The average molecular weight is 297 g/mol. The molecule has 108 valence electrons. The predicted octanol–water partition coefficient (Wildman–Crippen LogP) is 2.37. The Balaban J connectivity index is 1.92. The zero-order chi connectivity index (χ0) is 14.5. The van der Waals surface area contributed by atoms with Crippen molar-refractivity contribution in [3.05, 3.63) is 28.8 Å². The Bertz CT molecular complexity index is 513. The van der Waals surface area contributed by atoms with Gasteiger partial charge in [-0.15, -0.1) is 0 Å². The van der Waals surface area contributed by atoms with Crippen molar-refractivity contribution in [2.24, 2.45) is 5.92 Å². The molecule has 0 saturated carbocycles. The highest BCUT2D eigenvalue weighted by molar-refractivity contribution is 6.33. The summed E-state index contributed by atoms with van der Waals surface area (Å²) in [6.07, 6.45) is 2.34. The van der Waals surface area contributed by atoms with Gasteiger partial charge >= 0.3 is 5.97 Å². The molecule has 20 heavy (non-hydrogen) atoms. The summed E-state index contributed by atoms with van der Waals surface area (Å²) in [5.74, 6) is -0.642. The molecule has 1 aliphatic heterocycles. The number of amides is 1. The van der Waals surface area contributed by atoms with E-state index < -0.39 is 5.97 Å². The maximum atomic E-state index is 11.9. The van der Waals surface area contributed by atoms with Crippen molar-refractivity contribution < 1.29 is 14.7 Å². The van der Waals surface area contributed by atoms with Gasteiger partial charge in [-0.1, -0.05) is 11.6 Å². The fraction of sp³-hybridized carbons (Fsp3) is 0.429. The van der Waals surface area contributed by atoms with Crippen molar-refractivity contribution in [3.8, 4) is 0 Å². The monoisotopic (exact) mass is 296 g/mol. The van der Waals surface area contributed by atoms with E-state index in [9.17, 15) is 9.59 Å². The van der Waals surface area contributed by atoms with Gasteiger partial charge in [-0.3, -0.25) is 4.79 Å². The number of carboxylic acid groups (broad SMARTS) is 1. The molecule has 1 amide bonds. The number of hydrogen-bond donors (Lipinski definition) is 3. The van der Waals surface area contributed by atoms with E-state index in [4.69, 9.17) is 16.7 Å². The summed E-state index contributed by atoms with van der Waals surface area (Å²) in [5.41, 5.74) is 0.450. The van der Waals surface area contributed by atoms with Gasteiger partial charge in [0.25, 0.3) is 0 Å². The lowest BCUT2D eigenvalue weighted by molar-refractivity contribution is -0.116. The maximum Gasteiger partial charge on any atom is 0.335 e. The van der Waals surface area contributed by atoms with E-state index in [1.54, 1.807) is 0 Å². The molecular formula is C14H17ClN2O3. The fourth-order valence-electron chi connectivity index (χ4n) is 2.26. The first kappa shape index (κ1) is 14.8. The topological polar surface area (TPSA) is 78.4 Å². The zero-order valence-electron chi connectivity index (χ0n) is 11.0. The Hall–Kier alpha value is -1.59. The van der Waals surface area contributed by atoms with Crippen molar-refractivity contribution in [1.29, 1.82) is 0 Å². The van der Waals surface area contributed by atoms with Gasteiger partial charge in [0.05, 0.1) is 16.3 Å². The SMILES string of the molecule is O=C(CCC1CCNC1)Nc1cc(C(=O)O)ccc1Cl. The molecule has 1 fully saturated rings. The zero-order valence-corrected chi connectivity index (χ0v) is 11.7. The normalized spacial score (nSPS) is 17.9. The van der Waals surface area contributed by atoms with Crippen LogP contribution in [0, 0.1) is 5.92 Å². The lowest BCUT2D eigenvalue weighted by atomic mass is 10.0. The van der Waals surface area contributed by atoms with Gasteiger partial charge in [-0.05, 0) is 50.0 Å². The summed E-state index contributed by atoms with van der Waals surface area (Å²) in [5, 5.41) is 15.2. The van der Waals surface area contributed by atoms with Crippen LogP contribution in [0.4, 0.5) is 5.69 Å². The minimum absolute atomic E-state index is 0.102. The van der Waals surface area contributed by atoms with Gasteiger partial charge in [-0.2, -0.15) is 0 Å². The molecule has 0 spiro atoms. The van der Waals surface area contributed by atoms with Crippen LogP contribution in [-0.4, -0.2) is 30.1 Å². The standard InChI is InChI=1S/C14H17ClN2O3/c15-11-3-2-10(14(19)20)7-12(11)17-13(18)4-1-9-5-6-16-8-9/h2-3,7,9,16H,1,4-6,8H2,(H,17,18)(H,19,20). The van der Waals surface area contributed by atoms with Gasteiger partial charge in [0, 0.05) is 6.42 Å². The molecular weight excluding hydrogens is 280 g/mol. The molecule has 1 aromatic carbocycles. The van der Waals surface area contributed by atoms with E-state index in [1.165, 1.54) is 18.2 Å². The first-order chi connectivity index (χ1) is 9.56. The number of rotatable bonds is 5. The third kappa shape index (κ3) is 3.95. The highest BCUT2D eigenvalue weighted by Gasteiger charge is 2.16. The number of anilines is 1. The second-order valence-corrected chi connectivity index (χ2v) is 5.35. The first-order valence-electron chi connectivity index (χ1n) is 6.59. The Morgan fingerprint density at radius 2 is 2.25 bits per heavy atom. The third-order valence-electron chi connectivity index (χ3n) is 3.43. The predicted molar refractivity (Wildman–Crippen MR) is 77.3 cm³/mol. The Kier molecular flexibility index (Phi) is 4.98. The summed E-state index contributed by atoms with van der Waals surface area (Å²) in [4.78, 5) is 22.8. The number of carbonyl (C=O) groups is 2. The molecule has 0 radical (unpaired) electrons. The number of nitrogens with one attached hydrogen (secondary N) is 2. The van der Waals surface area contributed by atoms with Gasteiger partial charge in [0.15, 0.2) is 0 Å². The van der Waals surface area contributed by atoms with Crippen molar-refractivity contribution in [3.63, 3.8) is 0 Å². The van der Waals surface area contributed by atoms with Gasteiger partial charge in [-0.25, -0.2) is 4.79 Å². The molecule has 1 heterocycles. The van der Waals surface area contributed by atoms with Crippen molar-refractivity contribution in [2.75, 3.05) is 18.4 Å². The van der Waals surface area contributed by atoms with Crippen LogP contribution < -0.4 is 10.6 Å². The Morgan fingerprint density at radius 1 is 1.45 bits per heavy atom. The van der Waals surface area contributed by atoms with E-state index in [1.807, 2.05) is 0 Å². The number of halogens is 1. The number of benzene rings is 1. The molecule has 1 saturated heterocycles. The smallest absolute Gasteiger partial charge is 0.335 e. The van der Waals surface area contributed by atoms with Crippen molar-refractivity contribution >= 4 is 29.2 Å². The number of carboxylic acids is 1. The minimum atomic E-state index is -1.05. The van der Waals surface area contributed by atoms with Crippen molar-refractivity contribution in [1.82, 2.24) is 5.32 Å². The number of hydrogen-bond acceptors (Lipinski definition) is 3. The molecule has 0 aliphatic carbocycles. The van der Waals surface area contributed by atoms with E-state index in [2.05, 4.69) is 10.6 Å². The van der Waals surface area contributed by atoms with Crippen LogP contribution in [0.5, 0.6) is 0 Å². The summed E-state index contributed by atoms with van der Waals surface area (Å²) in [7, 11) is 0. The van der Waals surface area contributed by atoms with Crippen LogP contribution >= 0.6 is 11.6 Å². The fourth-order valence-corrected chi connectivity index (χ4v) is 2.43.